The highest BCUT2D eigenvalue weighted by atomic mass is 28.2. The number of benzene rings is 1. The molecule has 0 saturated carbocycles. The van der Waals surface area contributed by atoms with Crippen molar-refractivity contribution in [3.05, 3.63) is 41.7 Å². The molecule has 1 N–H and O–H groups in total. The number of aliphatic hydroxyl groups is 1. The van der Waals surface area contributed by atoms with Crippen LogP contribution in [0.2, 0.25) is 5.04 Å². The normalized spacial score (nSPS) is 13.2. The molecule has 1 aromatic heterocycles. The minimum Gasteiger partial charge on any atom is -0.411 e. The monoisotopic (exact) mass is 319 g/mol. The quantitative estimate of drug-likeness (QED) is 0.858. The molecule has 0 atom stereocenters. The second-order valence-electron chi connectivity index (χ2n) is 7.22. The van der Waals surface area contributed by atoms with Gasteiger partial charge in [-0.1, -0.05) is 56.3 Å². The summed E-state index contributed by atoms with van der Waals surface area (Å²) in [6.07, 6.45) is 0. The molecule has 0 aliphatic carbocycles. The van der Waals surface area contributed by atoms with E-state index in [0.29, 0.717) is 17.0 Å². The van der Waals surface area contributed by atoms with Crippen LogP contribution in [-0.4, -0.2) is 20.0 Å². The molecule has 0 spiro atoms. The first-order chi connectivity index (χ1) is 10.2. The van der Waals surface area contributed by atoms with Crippen molar-refractivity contribution in [2.45, 2.75) is 51.9 Å². The van der Waals surface area contributed by atoms with Crippen LogP contribution in [0.15, 0.2) is 34.9 Å². The lowest BCUT2D eigenvalue weighted by molar-refractivity contribution is 0.0720. The number of aliphatic hydroxyl groups excluding tert-OH is 1. The number of hydrogen-bond donors (Lipinski definition) is 1. The predicted molar refractivity (Wildman–Crippen MR) is 90.2 cm³/mol. The molecular weight excluding hydrogens is 294 g/mol. The van der Waals surface area contributed by atoms with E-state index in [0.717, 1.165) is 5.56 Å². The van der Waals surface area contributed by atoms with Crippen molar-refractivity contribution in [3.63, 3.8) is 0 Å². The van der Waals surface area contributed by atoms with Crippen LogP contribution >= 0.6 is 0 Å². The predicted octanol–water partition coefficient (Wildman–Crippen LogP) is 3.39. The van der Waals surface area contributed by atoms with Crippen LogP contribution in [0.3, 0.4) is 0 Å². The zero-order valence-electron chi connectivity index (χ0n) is 14.0. The standard InChI is InChI=1S/C17H25NO3Si/c1-16(2,3)22-21-17(4,5)15-13(11-19)14(18-20-15)12-9-7-6-8-10-12/h6-10,19H,11,22H2,1-5H3. The Hall–Kier alpha value is -1.43. The summed E-state index contributed by atoms with van der Waals surface area (Å²) in [6.45, 7) is 10.4. The van der Waals surface area contributed by atoms with Gasteiger partial charge >= 0.3 is 0 Å². The second kappa shape index (κ2) is 6.36. The van der Waals surface area contributed by atoms with Gasteiger partial charge in [-0.2, -0.15) is 0 Å². The summed E-state index contributed by atoms with van der Waals surface area (Å²) < 4.78 is 11.7. The highest BCUT2D eigenvalue weighted by Crippen LogP contribution is 2.35. The van der Waals surface area contributed by atoms with Crippen LogP contribution in [0.1, 0.15) is 45.9 Å². The van der Waals surface area contributed by atoms with Gasteiger partial charge < -0.3 is 14.1 Å². The Morgan fingerprint density at radius 2 is 1.77 bits per heavy atom. The SMILES string of the molecule is CC(C)(C)[SiH2]OC(C)(C)c1onc(-c2ccccc2)c1CO. The largest absolute Gasteiger partial charge is 0.411 e. The Balaban J connectivity index is 2.34. The minimum absolute atomic E-state index is 0.118. The molecule has 2 aromatic rings. The fraction of sp³-hybridized carbons (Fsp3) is 0.471. The van der Waals surface area contributed by atoms with Crippen molar-refractivity contribution in [3.8, 4) is 11.3 Å². The van der Waals surface area contributed by atoms with Crippen LogP contribution in [0, 0.1) is 0 Å². The Morgan fingerprint density at radius 3 is 2.32 bits per heavy atom. The van der Waals surface area contributed by atoms with E-state index in [4.69, 9.17) is 8.95 Å². The lowest BCUT2D eigenvalue weighted by Crippen LogP contribution is -2.28. The third-order valence-corrected chi connectivity index (χ3v) is 5.14. The Bertz CT molecular complexity index is 615. The number of rotatable bonds is 5. The lowest BCUT2D eigenvalue weighted by Gasteiger charge is -2.28. The molecule has 0 unspecified atom stereocenters. The van der Waals surface area contributed by atoms with E-state index in [9.17, 15) is 5.11 Å². The van der Waals surface area contributed by atoms with Gasteiger partial charge in [-0.3, -0.25) is 0 Å². The maximum atomic E-state index is 9.80. The highest BCUT2D eigenvalue weighted by molar-refractivity contribution is 6.31. The first-order valence-electron chi connectivity index (χ1n) is 7.54. The summed E-state index contributed by atoms with van der Waals surface area (Å²) in [5.41, 5.74) is 1.74. The Labute approximate surface area is 134 Å². The summed E-state index contributed by atoms with van der Waals surface area (Å²) in [5.74, 6) is 0.616. The van der Waals surface area contributed by atoms with Gasteiger partial charge in [0.25, 0.3) is 0 Å². The van der Waals surface area contributed by atoms with Gasteiger partial charge in [-0.05, 0) is 18.9 Å². The summed E-state index contributed by atoms with van der Waals surface area (Å²) in [5, 5.41) is 14.2. The molecule has 120 valence electrons. The van der Waals surface area contributed by atoms with Gasteiger partial charge in [0.15, 0.2) is 15.5 Å². The third kappa shape index (κ3) is 3.85. The molecular formula is C17H25NO3Si. The second-order valence-corrected chi connectivity index (χ2v) is 9.92. The highest BCUT2D eigenvalue weighted by Gasteiger charge is 2.32. The molecule has 0 saturated heterocycles. The van der Waals surface area contributed by atoms with E-state index in [1.165, 1.54) is 0 Å². The van der Waals surface area contributed by atoms with Crippen LogP contribution < -0.4 is 0 Å². The number of hydrogen-bond acceptors (Lipinski definition) is 4. The van der Waals surface area contributed by atoms with Gasteiger partial charge in [0, 0.05) is 5.56 Å². The van der Waals surface area contributed by atoms with Crippen molar-refractivity contribution < 1.29 is 14.1 Å². The summed E-state index contributed by atoms with van der Waals surface area (Å²) in [7, 11) is -0.745. The molecule has 0 aliphatic rings. The topological polar surface area (TPSA) is 55.5 Å². The Kier molecular flexibility index (Phi) is 4.89. The molecule has 0 amide bonds. The first kappa shape index (κ1) is 16.9. The van der Waals surface area contributed by atoms with E-state index in [1.54, 1.807) is 0 Å². The van der Waals surface area contributed by atoms with Crippen LogP contribution in [-0.2, 0) is 16.6 Å². The molecule has 0 radical (unpaired) electrons. The molecule has 0 aliphatic heterocycles. The van der Waals surface area contributed by atoms with E-state index in [-0.39, 0.29) is 11.6 Å². The van der Waals surface area contributed by atoms with Crippen LogP contribution in [0.4, 0.5) is 0 Å². The van der Waals surface area contributed by atoms with Gasteiger partial charge in [0.05, 0.1) is 12.2 Å². The average molecular weight is 319 g/mol. The molecule has 2 rings (SSSR count). The fourth-order valence-electron chi connectivity index (χ4n) is 2.21. The zero-order chi connectivity index (χ0) is 16.4. The summed E-state index contributed by atoms with van der Waals surface area (Å²) >= 11 is 0. The van der Waals surface area contributed by atoms with Crippen molar-refractivity contribution in [1.82, 2.24) is 5.16 Å². The van der Waals surface area contributed by atoms with E-state index >= 15 is 0 Å². The Morgan fingerprint density at radius 1 is 1.14 bits per heavy atom. The molecule has 1 aromatic carbocycles. The number of aromatic nitrogens is 1. The smallest absolute Gasteiger partial charge is 0.172 e. The van der Waals surface area contributed by atoms with E-state index in [2.05, 4.69) is 25.9 Å². The van der Waals surface area contributed by atoms with Gasteiger partial charge in [-0.15, -0.1) is 0 Å². The van der Waals surface area contributed by atoms with E-state index < -0.39 is 15.4 Å². The van der Waals surface area contributed by atoms with Crippen molar-refractivity contribution in [2.75, 3.05) is 0 Å². The molecule has 0 bridgehead atoms. The summed E-state index contributed by atoms with van der Waals surface area (Å²) in [6, 6.07) is 9.75. The van der Waals surface area contributed by atoms with Gasteiger partial charge in [-0.25, -0.2) is 0 Å². The maximum absolute atomic E-state index is 9.80. The average Bonchev–Trinajstić information content (AvgIpc) is 2.90. The minimum atomic E-state index is -0.745. The fourth-order valence-corrected chi connectivity index (χ4v) is 3.14. The summed E-state index contributed by atoms with van der Waals surface area (Å²) in [4.78, 5) is 0. The zero-order valence-corrected chi connectivity index (χ0v) is 15.4. The van der Waals surface area contributed by atoms with E-state index in [1.807, 2.05) is 44.2 Å². The maximum Gasteiger partial charge on any atom is 0.172 e. The van der Waals surface area contributed by atoms with Gasteiger partial charge in [0.1, 0.15) is 11.3 Å². The molecule has 5 heteroatoms. The van der Waals surface area contributed by atoms with Crippen molar-refractivity contribution in [1.29, 1.82) is 0 Å². The van der Waals surface area contributed by atoms with Crippen molar-refractivity contribution in [2.24, 2.45) is 0 Å². The first-order valence-corrected chi connectivity index (χ1v) is 8.82. The van der Waals surface area contributed by atoms with Crippen LogP contribution in [0.5, 0.6) is 0 Å². The molecule has 4 nitrogen and oxygen atoms in total. The number of nitrogens with zero attached hydrogens (tertiary/aromatic N) is 1. The molecule has 1 heterocycles. The van der Waals surface area contributed by atoms with Crippen molar-refractivity contribution >= 4 is 9.76 Å². The third-order valence-electron chi connectivity index (χ3n) is 3.41. The van der Waals surface area contributed by atoms with Gasteiger partial charge in [0.2, 0.25) is 0 Å². The molecule has 0 fully saturated rings. The molecule has 22 heavy (non-hydrogen) atoms. The lowest BCUT2D eigenvalue weighted by atomic mass is 9.98. The van der Waals surface area contributed by atoms with Crippen LogP contribution in [0.25, 0.3) is 11.3 Å².